The summed E-state index contributed by atoms with van der Waals surface area (Å²) in [5.74, 6) is -0.783. The summed E-state index contributed by atoms with van der Waals surface area (Å²) < 4.78 is 5.27. The number of halogens is 1. The van der Waals surface area contributed by atoms with Crippen LogP contribution in [0.2, 0.25) is 5.02 Å². The summed E-state index contributed by atoms with van der Waals surface area (Å²) in [4.78, 5) is 29.0. The van der Waals surface area contributed by atoms with Gasteiger partial charge in [-0.3, -0.25) is 4.79 Å². The van der Waals surface area contributed by atoms with Gasteiger partial charge in [0.1, 0.15) is 9.88 Å². The third kappa shape index (κ3) is 3.94. The first-order valence-electron chi connectivity index (χ1n) is 7.69. The molecule has 1 fully saturated rings. The van der Waals surface area contributed by atoms with Crippen molar-refractivity contribution in [3.8, 4) is 10.6 Å². The minimum absolute atomic E-state index is 0.236. The van der Waals surface area contributed by atoms with Gasteiger partial charge in [0.25, 0.3) is 5.91 Å². The minimum Gasteiger partial charge on any atom is -0.448 e. The molecule has 0 radical (unpaired) electrons. The summed E-state index contributed by atoms with van der Waals surface area (Å²) in [5.41, 5.74) is 1.47. The lowest BCUT2D eigenvalue weighted by molar-refractivity contribution is -0.129. The van der Waals surface area contributed by atoms with Crippen LogP contribution in [0.25, 0.3) is 10.6 Å². The molecule has 1 aliphatic rings. The number of ether oxygens (including phenoxy) is 1. The van der Waals surface area contributed by atoms with E-state index in [2.05, 4.69) is 10.3 Å². The summed E-state index contributed by atoms with van der Waals surface area (Å²) in [7, 11) is 0. The molecule has 126 valence electrons. The largest absolute Gasteiger partial charge is 0.448 e. The van der Waals surface area contributed by atoms with E-state index in [0.717, 1.165) is 18.4 Å². The molecule has 2 aromatic rings. The zero-order valence-electron chi connectivity index (χ0n) is 13.3. The van der Waals surface area contributed by atoms with E-state index < -0.39 is 12.1 Å². The predicted octanol–water partition coefficient (Wildman–Crippen LogP) is 3.60. The molecule has 1 unspecified atom stereocenters. The van der Waals surface area contributed by atoms with Gasteiger partial charge in [-0.15, -0.1) is 11.3 Å². The fraction of sp³-hybridized carbons (Fsp3) is 0.353. The van der Waals surface area contributed by atoms with E-state index in [-0.39, 0.29) is 11.9 Å². The Morgan fingerprint density at radius 3 is 2.62 bits per heavy atom. The number of amides is 1. The van der Waals surface area contributed by atoms with Crippen LogP contribution in [-0.4, -0.2) is 29.0 Å². The van der Waals surface area contributed by atoms with Gasteiger partial charge < -0.3 is 10.1 Å². The van der Waals surface area contributed by atoms with Gasteiger partial charge in [0.05, 0.1) is 5.69 Å². The van der Waals surface area contributed by atoms with Crippen LogP contribution < -0.4 is 5.32 Å². The van der Waals surface area contributed by atoms with Crippen molar-refractivity contribution in [1.29, 1.82) is 0 Å². The summed E-state index contributed by atoms with van der Waals surface area (Å²) in [5, 5.41) is 4.18. The molecule has 1 atom stereocenters. The van der Waals surface area contributed by atoms with E-state index in [1.165, 1.54) is 11.3 Å². The Labute approximate surface area is 149 Å². The molecule has 5 nitrogen and oxygen atoms in total. The third-order valence-corrected chi connectivity index (χ3v) is 5.09. The number of nitrogens with one attached hydrogen (secondary N) is 1. The average Bonchev–Trinajstić information content (AvgIpc) is 3.27. The molecule has 1 saturated carbocycles. The molecule has 3 rings (SSSR count). The number of esters is 1. The number of carbonyl (C=O) groups excluding carboxylic acids is 2. The molecule has 1 aromatic heterocycles. The molecule has 0 spiro atoms. The van der Waals surface area contributed by atoms with E-state index in [4.69, 9.17) is 16.3 Å². The molecular formula is C17H17ClN2O3S. The zero-order chi connectivity index (χ0) is 17.3. The van der Waals surface area contributed by atoms with Crippen molar-refractivity contribution in [3.05, 3.63) is 39.9 Å². The Kier molecular flexibility index (Phi) is 4.87. The lowest BCUT2D eigenvalue weighted by Gasteiger charge is -2.12. The van der Waals surface area contributed by atoms with Crippen molar-refractivity contribution in [2.45, 2.75) is 38.8 Å². The van der Waals surface area contributed by atoms with Crippen LogP contribution in [0.1, 0.15) is 35.1 Å². The Balaban J connectivity index is 1.70. The number of carbonyl (C=O) groups is 2. The van der Waals surface area contributed by atoms with Gasteiger partial charge in [0, 0.05) is 16.6 Å². The van der Waals surface area contributed by atoms with Gasteiger partial charge in [-0.05, 0) is 38.8 Å². The maximum absolute atomic E-state index is 12.3. The Morgan fingerprint density at radius 1 is 1.33 bits per heavy atom. The first-order valence-corrected chi connectivity index (χ1v) is 8.88. The Bertz CT molecular complexity index is 769. The predicted molar refractivity (Wildman–Crippen MR) is 93.3 cm³/mol. The molecule has 0 bridgehead atoms. The summed E-state index contributed by atoms with van der Waals surface area (Å²) in [6.45, 7) is 3.33. The average molecular weight is 365 g/mol. The number of aryl methyl sites for hydroxylation is 1. The van der Waals surface area contributed by atoms with Crippen LogP contribution in [-0.2, 0) is 9.53 Å². The number of aromatic nitrogens is 1. The number of thiazole rings is 1. The van der Waals surface area contributed by atoms with Crippen LogP contribution in [0.3, 0.4) is 0 Å². The second-order valence-corrected chi connectivity index (χ2v) is 7.21. The highest BCUT2D eigenvalue weighted by molar-refractivity contribution is 7.17. The van der Waals surface area contributed by atoms with Crippen molar-refractivity contribution < 1.29 is 14.3 Å². The maximum Gasteiger partial charge on any atom is 0.351 e. The second kappa shape index (κ2) is 6.91. The van der Waals surface area contributed by atoms with E-state index >= 15 is 0 Å². The minimum atomic E-state index is -0.821. The van der Waals surface area contributed by atoms with Crippen LogP contribution in [0.15, 0.2) is 24.3 Å². The Hall–Kier alpha value is -1.92. The van der Waals surface area contributed by atoms with Crippen molar-refractivity contribution in [1.82, 2.24) is 10.3 Å². The van der Waals surface area contributed by atoms with E-state index in [1.807, 2.05) is 12.1 Å². The fourth-order valence-electron chi connectivity index (χ4n) is 2.12. The van der Waals surface area contributed by atoms with Crippen molar-refractivity contribution in [2.24, 2.45) is 0 Å². The van der Waals surface area contributed by atoms with Gasteiger partial charge in [-0.1, -0.05) is 23.7 Å². The topological polar surface area (TPSA) is 68.3 Å². The van der Waals surface area contributed by atoms with E-state index in [0.29, 0.717) is 20.6 Å². The van der Waals surface area contributed by atoms with Gasteiger partial charge >= 0.3 is 5.97 Å². The van der Waals surface area contributed by atoms with Gasteiger partial charge in [0.15, 0.2) is 6.10 Å². The Morgan fingerprint density at radius 2 is 2.00 bits per heavy atom. The number of nitrogens with zero attached hydrogens (tertiary/aromatic N) is 1. The number of rotatable bonds is 5. The smallest absolute Gasteiger partial charge is 0.351 e. The second-order valence-electron chi connectivity index (χ2n) is 5.77. The first-order chi connectivity index (χ1) is 11.4. The highest BCUT2D eigenvalue weighted by atomic mass is 35.5. The summed E-state index contributed by atoms with van der Waals surface area (Å²) >= 11 is 7.13. The molecule has 1 N–H and O–H groups in total. The van der Waals surface area contributed by atoms with E-state index in [1.54, 1.807) is 26.0 Å². The highest BCUT2D eigenvalue weighted by Gasteiger charge is 2.28. The zero-order valence-corrected chi connectivity index (χ0v) is 14.9. The third-order valence-electron chi connectivity index (χ3n) is 3.65. The van der Waals surface area contributed by atoms with Gasteiger partial charge in [0.2, 0.25) is 0 Å². The van der Waals surface area contributed by atoms with Crippen LogP contribution in [0.4, 0.5) is 0 Å². The number of hydrogen-bond acceptors (Lipinski definition) is 5. The van der Waals surface area contributed by atoms with Crippen molar-refractivity contribution >= 4 is 34.8 Å². The molecule has 1 amide bonds. The number of benzene rings is 1. The molecule has 1 aromatic carbocycles. The van der Waals surface area contributed by atoms with Crippen LogP contribution in [0, 0.1) is 6.92 Å². The standard InChI is InChI=1S/C17H17ClN2O3S/c1-9-14(17(22)23-10(2)15(21)20-13-7-8-13)24-16(19-9)11-3-5-12(18)6-4-11/h3-6,10,13H,7-8H2,1-2H3,(H,20,21). The van der Waals surface area contributed by atoms with Gasteiger partial charge in [-0.2, -0.15) is 0 Å². The summed E-state index contributed by atoms with van der Waals surface area (Å²) in [6.07, 6.45) is 1.16. The van der Waals surface area contributed by atoms with Gasteiger partial charge in [-0.25, -0.2) is 9.78 Å². The van der Waals surface area contributed by atoms with Crippen molar-refractivity contribution in [3.63, 3.8) is 0 Å². The molecule has 0 aliphatic heterocycles. The monoisotopic (exact) mass is 364 g/mol. The molecular weight excluding hydrogens is 348 g/mol. The molecule has 0 saturated heterocycles. The highest BCUT2D eigenvalue weighted by Crippen LogP contribution is 2.29. The lowest BCUT2D eigenvalue weighted by Crippen LogP contribution is -2.37. The lowest BCUT2D eigenvalue weighted by atomic mass is 10.2. The number of hydrogen-bond donors (Lipinski definition) is 1. The molecule has 1 aliphatic carbocycles. The quantitative estimate of drug-likeness (QED) is 0.823. The fourth-order valence-corrected chi connectivity index (χ4v) is 3.20. The molecule has 24 heavy (non-hydrogen) atoms. The van der Waals surface area contributed by atoms with E-state index in [9.17, 15) is 9.59 Å². The normalized spacial score (nSPS) is 15.0. The van der Waals surface area contributed by atoms with Crippen LogP contribution in [0.5, 0.6) is 0 Å². The molecule has 7 heteroatoms. The maximum atomic E-state index is 12.3. The van der Waals surface area contributed by atoms with Crippen LogP contribution >= 0.6 is 22.9 Å². The molecule has 1 heterocycles. The first kappa shape index (κ1) is 16.9. The summed E-state index contributed by atoms with van der Waals surface area (Å²) in [6, 6.07) is 7.48. The van der Waals surface area contributed by atoms with Crippen molar-refractivity contribution in [2.75, 3.05) is 0 Å². The SMILES string of the molecule is Cc1nc(-c2ccc(Cl)cc2)sc1C(=O)OC(C)C(=O)NC1CC1.